The molecule has 0 radical (unpaired) electrons. The van der Waals surface area contributed by atoms with Crippen LogP contribution in [0.4, 0.5) is 4.39 Å². The van der Waals surface area contributed by atoms with Crippen molar-refractivity contribution in [3.05, 3.63) is 29.6 Å². The summed E-state index contributed by atoms with van der Waals surface area (Å²) < 4.78 is 12.9. The number of aromatic hydroxyl groups is 1. The van der Waals surface area contributed by atoms with Crippen LogP contribution < -0.4 is 5.32 Å². The van der Waals surface area contributed by atoms with Crippen LogP contribution in [-0.2, 0) is 11.2 Å². The van der Waals surface area contributed by atoms with Gasteiger partial charge in [-0.05, 0) is 42.9 Å². The second-order valence-corrected chi connectivity index (χ2v) is 4.57. The zero-order chi connectivity index (χ0) is 12.3. The Balaban J connectivity index is 1.74. The Labute approximate surface area is 99.7 Å². The molecule has 0 saturated heterocycles. The quantitative estimate of drug-likeness (QED) is 0.822. The molecule has 1 aliphatic carbocycles. The molecule has 17 heavy (non-hydrogen) atoms. The second-order valence-electron chi connectivity index (χ2n) is 4.57. The van der Waals surface area contributed by atoms with Gasteiger partial charge in [-0.15, -0.1) is 0 Å². The molecule has 2 rings (SSSR count). The fraction of sp³-hybridized carbons (Fsp3) is 0.462. The van der Waals surface area contributed by atoms with Crippen LogP contribution in [0, 0.1) is 11.7 Å². The highest BCUT2D eigenvalue weighted by atomic mass is 19.1. The van der Waals surface area contributed by atoms with Gasteiger partial charge in [-0.25, -0.2) is 4.39 Å². The van der Waals surface area contributed by atoms with E-state index in [1.165, 1.54) is 12.1 Å². The van der Waals surface area contributed by atoms with E-state index in [9.17, 15) is 14.3 Å². The van der Waals surface area contributed by atoms with Crippen molar-refractivity contribution in [2.75, 3.05) is 6.54 Å². The van der Waals surface area contributed by atoms with E-state index in [2.05, 4.69) is 5.32 Å². The van der Waals surface area contributed by atoms with E-state index in [1.54, 1.807) is 0 Å². The first kappa shape index (κ1) is 11.9. The fourth-order valence-corrected chi connectivity index (χ4v) is 1.78. The molecule has 1 aromatic rings. The minimum absolute atomic E-state index is 0.0631. The highest BCUT2D eigenvalue weighted by molar-refractivity contribution is 5.76. The summed E-state index contributed by atoms with van der Waals surface area (Å²) in [6, 6.07) is 3.94. The number of rotatable bonds is 5. The minimum Gasteiger partial charge on any atom is -0.508 e. The number of benzene rings is 1. The molecule has 3 nitrogen and oxygen atoms in total. The molecule has 0 aromatic heterocycles. The Kier molecular flexibility index (Phi) is 3.61. The lowest BCUT2D eigenvalue weighted by atomic mass is 10.1. The van der Waals surface area contributed by atoms with Gasteiger partial charge in [0, 0.05) is 19.0 Å². The molecule has 1 aliphatic rings. The number of phenolic OH excluding ortho intramolecular Hbond substituents is 1. The Morgan fingerprint density at radius 1 is 1.41 bits per heavy atom. The molecular weight excluding hydrogens is 221 g/mol. The van der Waals surface area contributed by atoms with Crippen molar-refractivity contribution in [2.45, 2.75) is 25.7 Å². The zero-order valence-electron chi connectivity index (χ0n) is 9.58. The van der Waals surface area contributed by atoms with Crippen molar-refractivity contribution in [1.82, 2.24) is 5.32 Å². The van der Waals surface area contributed by atoms with Crippen molar-refractivity contribution >= 4 is 5.91 Å². The summed E-state index contributed by atoms with van der Waals surface area (Å²) in [4.78, 5) is 11.4. The largest absolute Gasteiger partial charge is 0.508 e. The van der Waals surface area contributed by atoms with E-state index < -0.39 is 5.82 Å². The van der Waals surface area contributed by atoms with Crippen molar-refractivity contribution in [3.63, 3.8) is 0 Å². The molecule has 0 aliphatic heterocycles. The number of hydrogen-bond donors (Lipinski definition) is 2. The Bertz CT molecular complexity index is 396. The smallest absolute Gasteiger partial charge is 0.220 e. The molecular formula is C13H16FNO2. The van der Waals surface area contributed by atoms with Crippen LogP contribution in [0.5, 0.6) is 5.75 Å². The van der Waals surface area contributed by atoms with Gasteiger partial charge in [0.1, 0.15) is 11.6 Å². The SMILES string of the molecule is O=C(CC1CC1)NCCc1cc(O)cc(F)c1. The van der Waals surface area contributed by atoms with Crippen LogP contribution >= 0.6 is 0 Å². The average molecular weight is 237 g/mol. The lowest BCUT2D eigenvalue weighted by molar-refractivity contribution is -0.121. The van der Waals surface area contributed by atoms with Gasteiger partial charge in [-0.3, -0.25) is 4.79 Å². The number of carbonyl (C=O) groups excluding carboxylic acids is 1. The minimum atomic E-state index is -0.454. The predicted octanol–water partition coefficient (Wildman–Crippen LogP) is 1.99. The summed E-state index contributed by atoms with van der Waals surface area (Å²) in [7, 11) is 0. The number of amides is 1. The number of phenols is 1. The van der Waals surface area contributed by atoms with Crippen LogP contribution in [0.2, 0.25) is 0 Å². The maximum atomic E-state index is 12.9. The lowest BCUT2D eigenvalue weighted by Gasteiger charge is -2.05. The molecule has 0 unspecified atom stereocenters. The lowest BCUT2D eigenvalue weighted by Crippen LogP contribution is -2.25. The molecule has 1 aromatic carbocycles. The Hall–Kier alpha value is -1.58. The monoisotopic (exact) mass is 237 g/mol. The van der Waals surface area contributed by atoms with Gasteiger partial charge in [-0.2, -0.15) is 0 Å². The third-order valence-corrected chi connectivity index (χ3v) is 2.85. The van der Waals surface area contributed by atoms with E-state index in [0.717, 1.165) is 18.9 Å². The summed E-state index contributed by atoms with van der Waals surface area (Å²) in [5.41, 5.74) is 0.689. The summed E-state index contributed by atoms with van der Waals surface area (Å²) in [5.74, 6) is 0.106. The van der Waals surface area contributed by atoms with Gasteiger partial charge < -0.3 is 10.4 Å². The van der Waals surface area contributed by atoms with Crippen LogP contribution in [-0.4, -0.2) is 17.6 Å². The van der Waals surface area contributed by atoms with Gasteiger partial charge in [0.15, 0.2) is 0 Å². The molecule has 2 N–H and O–H groups in total. The van der Waals surface area contributed by atoms with E-state index in [-0.39, 0.29) is 11.7 Å². The van der Waals surface area contributed by atoms with E-state index in [4.69, 9.17) is 0 Å². The molecule has 1 saturated carbocycles. The van der Waals surface area contributed by atoms with E-state index >= 15 is 0 Å². The van der Waals surface area contributed by atoms with Crippen molar-refractivity contribution in [1.29, 1.82) is 0 Å². The van der Waals surface area contributed by atoms with Gasteiger partial charge in [0.2, 0.25) is 5.91 Å². The van der Waals surface area contributed by atoms with Crippen LogP contribution in [0.3, 0.4) is 0 Å². The molecule has 1 amide bonds. The van der Waals surface area contributed by atoms with Crippen LogP contribution in [0.15, 0.2) is 18.2 Å². The van der Waals surface area contributed by atoms with Crippen molar-refractivity contribution < 1.29 is 14.3 Å². The van der Waals surface area contributed by atoms with Crippen LogP contribution in [0.1, 0.15) is 24.8 Å². The summed E-state index contributed by atoms with van der Waals surface area (Å²) in [6.07, 6.45) is 3.45. The average Bonchev–Trinajstić information content (AvgIpc) is 3.00. The maximum absolute atomic E-state index is 12.9. The third kappa shape index (κ3) is 4.06. The molecule has 4 heteroatoms. The second kappa shape index (κ2) is 5.17. The number of nitrogens with one attached hydrogen (secondary N) is 1. The van der Waals surface area contributed by atoms with Crippen LogP contribution in [0.25, 0.3) is 0 Å². The van der Waals surface area contributed by atoms with Gasteiger partial charge in [0.05, 0.1) is 0 Å². The first-order valence-electron chi connectivity index (χ1n) is 5.88. The molecule has 1 fully saturated rings. The molecule has 0 atom stereocenters. The predicted molar refractivity (Wildman–Crippen MR) is 62.1 cm³/mol. The first-order valence-corrected chi connectivity index (χ1v) is 5.88. The number of carbonyl (C=O) groups is 1. The molecule has 0 heterocycles. The highest BCUT2D eigenvalue weighted by Crippen LogP contribution is 2.32. The Morgan fingerprint density at radius 2 is 2.18 bits per heavy atom. The standard InChI is InChI=1S/C13H16FNO2/c14-11-5-10(6-12(16)8-11)3-4-15-13(17)7-9-1-2-9/h5-6,8-9,16H,1-4,7H2,(H,15,17). The van der Waals surface area contributed by atoms with E-state index in [1.807, 2.05) is 0 Å². The topological polar surface area (TPSA) is 49.3 Å². The summed E-state index contributed by atoms with van der Waals surface area (Å²) >= 11 is 0. The zero-order valence-corrected chi connectivity index (χ0v) is 9.58. The first-order chi connectivity index (χ1) is 8.13. The number of hydrogen-bond acceptors (Lipinski definition) is 2. The van der Waals surface area contributed by atoms with Gasteiger partial charge in [0.25, 0.3) is 0 Å². The summed E-state index contributed by atoms with van der Waals surface area (Å²) in [5, 5.41) is 12.0. The van der Waals surface area contributed by atoms with Gasteiger partial charge >= 0.3 is 0 Å². The highest BCUT2D eigenvalue weighted by Gasteiger charge is 2.23. The molecule has 0 spiro atoms. The Morgan fingerprint density at radius 3 is 2.82 bits per heavy atom. The van der Waals surface area contributed by atoms with Crippen molar-refractivity contribution in [3.8, 4) is 5.75 Å². The van der Waals surface area contributed by atoms with E-state index in [0.29, 0.717) is 30.9 Å². The number of halogens is 1. The maximum Gasteiger partial charge on any atom is 0.220 e. The molecule has 0 bridgehead atoms. The fourth-order valence-electron chi connectivity index (χ4n) is 1.78. The summed E-state index contributed by atoms with van der Waals surface area (Å²) in [6.45, 7) is 0.481. The third-order valence-electron chi connectivity index (χ3n) is 2.85. The molecule has 92 valence electrons. The van der Waals surface area contributed by atoms with Gasteiger partial charge in [-0.1, -0.05) is 0 Å². The van der Waals surface area contributed by atoms with Crippen molar-refractivity contribution in [2.24, 2.45) is 5.92 Å². The normalized spacial score (nSPS) is 14.6.